The minimum atomic E-state index is -0.137. The van der Waals surface area contributed by atoms with Crippen LogP contribution in [0.2, 0.25) is 5.02 Å². The molecule has 0 unspecified atom stereocenters. The number of aromatic nitrogens is 1. The van der Waals surface area contributed by atoms with Crippen molar-refractivity contribution in [3.63, 3.8) is 0 Å². The van der Waals surface area contributed by atoms with Crippen molar-refractivity contribution in [2.45, 2.75) is 13.5 Å². The molecule has 0 radical (unpaired) electrons. The smallest absolute Gasteiger partial charge is 0.221 e. The fraction of sp³-hybridized carbons (Fsp3) is 0.167. The van der Waals surface area contributed by atoms with Gasteiger partial charge in [0.25, 0.3) is 0 Å². The molecule has 1 amide bonds. The summed E-state index contributed by atoms with van der Waals surface area (Å²) >= 11 is 7.66. The molecular weight excluding hydrogens is 270 g/mol. The summed E-state index contributed by atoms with van der Waals surface area (Å²) in [6.45, 7) is 2.16. The van der Waals surface area contributed by atoms with E-state index in [1.165, 1.54) is 6.92 Å². The molecule has 0 saturated carbocycles. The Kier molecular flexibility index (Phi) is 4.17. The molecule has 2 aromatic rings. The topological polar surface area (TPSA) is 54.0 Å². The maximum absolute atomic E-state index is 10.9. The summed E-state index contributed by atoms with van der Waals surface area (Å²) in [5.74, 6) is -0.137. The fourth-order valence-electron chi connectivity index (χ4n) is 1.43. The van der Waals surface area contributed by atoms with E-state index >= 15 is 0 Å². The molecule has 0 aliphatic rings. The summed E-state index contributed by atoms with van der Waals surface area (Å²) < 4.78 is 0. The van der Waals surface area contributed by atoms with Crippen molar-refractivity contribution in [1.82, 2.24) is 4.98 Å². The third-order valence-corrected chi connectivity index (χ3v) is 3.32. The highest BCUT2D eigenvalue weighted by atomic mass is 35.5. The van der Waals surface area contributed by atoms with Crippen LogP contribution in [-0.2, 0) is 11.3 Å². The van der Waals surface area contributed by atoms with E-state index in [-0.39, 0.29) is 5.91 Å². The van der Waals surface area contributed by atoms with Crippen LogP contribution in [-0.4, -0.2) is 10.9 Å². The molecule has 18 heavy (non-hydrogen) atoms. The minimum absolute atomic E-state index is 0.137. The number of carbonyl (C=O) groups is 1. The molecule has 2 rings (SSSR count). The van der Waals surface area contributed by atoms with E-state index in [0.29, 0.717) is 17.3 Å². The van der Waals surface area contributed by atoms with E-state index in [2.05, 4.69) is 15.6 Å². The zero-order chi connectivity index (χ0) is 13.0. The van der Waals surface area contributed by atoms with Crippen LogP contribution < -0.4 is 10.6 Å². The normalized spacial score (nSPS) is 10.1. The number of halogens is 1. The maximum Gasteiger partial charge on any atom is 0.221 e. The Morgan fingerprint density at radius 3 is 2.94 bits per heavy atom. The number of benzene rings is 1. The van der Waals surface area contributed by atoms with Gasteiger partial charge in [-0.15, -0.1) is 11.3 Å². The van der Waals surface area contributed by atoms with Gasteiger partial charge in [0, 0.05) is 23.7 Å². The first-order valence-corrected chi connectivity index (χ1v) is 6.59. The average molecular weight is 282 g/mol. The lowest BCUT2D eigenvalue weighted by Crippen LogP contribution is -2.06. The highest BCUT2D eigenvalue weighted by Gasteiger charge is 2.03. The predicted molar refractivity (Wildman–Crippen MR) is 75.2 cm³/mol. The first-order chi connectivity index (χ1) is 8.65. The van der Waals surface area contributed by atoms with Gasteiger partial charge in [-0.1, -0.05) is 11.6 Å². The molecule has 1 aromatic heterocycles. The third-order valence-electron chi connectivity index (χ3n) is 2.23. The molecule has 1 aromatic carbocycles. The molecular formula is C12H12ClN3OS. The van der Waals surface area contributed by atoms with Crippen LogP contribution in [0.15, 0.2) is 29.9 Å². The van der Waals surface area contributed by atoms with Crippen LogP contribution in [0.25, 0.3) is 0 Å². The van der Waals surface area contributed by atoms with Gasteiger partial charge in [-0.2, -0.15) is 0 Å². The molecule has 1 heterocycles. The number of nitrogens with one attached hydrogen (secondary N) is 2. The lowest BCUT2D eigenvalue weighted by Gasteiger charge is -2.09. The van der Waals surface area contributed by atoms with Gasteiger partial charge >= 0.3 is 0 Å². The highest BCUT2D eigenvalue weighted by Crippen LogP contribution is 2.25. The van der Waals surface area contributed by atoms with Crippen LogP contribution in [0.4, 0.5) is 11.4 Å². The molecule has 2 N–H and O–H groups in total. The van der Waals surface area contributed by atoms with Crippen LogP contribution in [0.5, 0.6) is 0 Å². The Balaban J connectivity index is 2.02. The summed E-state index contributed by atoms with van der Waals surface area (Å²) in [4.78, 5) is 16.1. The number of nitrogens with zero attached hydrogens (tertiary/aromatic N) is 1. The minimum Gasteiger partial charge on any atom is -0.380 e. The molecule has 0 saturated heterocycles. The van der Waals surface area contributed by atoms with E-state index in [4.69, 9.17) is 11.6 Å². The zero-order valence-electron chi connectivity index (χ0n) is 9.74. The van der Waals surface area contributed by atoms with Crippen LogP contribution in [0, 0.1) is 0 Å². The summed E-state index contributed by atoms with van der Waals surface area (Å²) in [5.41, 5.74) is 3.32. The molecule has 6 heteroatoms. The molecule has 0 atom stereocenters. The van der Waals surface area contributed by atoms with Gasteiger partial charge in [0.1, 0.15) is 0 Å². The number of thiazole rings is 1. The number of rotatable bonds is 4. The van der Waals surface area contributed by atoms with Crippen molar-refractivity contribution in [1.29, 1.82) is 0 Å². The number of carbonyl (C=O) groups excluding carboxylic acids is 1. The molecule has 0 aliphatic carbocycles. The summed E-state index contributed by atoms with van der Waals surface area (Å²) in [7, 11) is 0. The lowest BCUT2D eigenvalue weighted by atomic mass is 10.2. The van der Waals surface area contributed by atoms with Gasteiger partial charge in [-0.25, -0.2) is 0 Å². The lowest BCUT2D eigenvalue weighted by molar-refractivity contribution is -0.114. The number of hydrogen-bond acceptors (Lipinski definition) is 4. The third kappa shape index (κ3) is 3.45. The molecule has 0 fully saturated rings. The van der Waals surface area contributed by atoms with Crippen LogP contribution in [0.3, 0.4) is 0 Å². The maximum atomic E-state index is 10.9. The first-order valence-electron chi connectivity index (χ1n) is 5.33. The molecule has 94 valence electrons. The van der Waals surface area contributed by atoms with Crippen LogP contribution in [0.1, 0.15) is 11.8 Å². The number of hydrogen-bond donors (Lipinski definition) is 2. The SMILES string of the molecule is CC(=O)Nc1ccc(NCc2cncs2)cc1Cl. The molecule has 0 spiro atoms. The largest absolute Gasteiger partial charge is 0.380 e. The molecule has 0 bridgehead atoms. The van der Waals surface area contributed by atoms with E-state index in [0.717, 1.165) is 10.6 Å². The van der Waals surface area contributed by atoms with Crippen LogP contribution >= 0.6 is 22.9 Å². The quantitative estimate of drug-likeness (QED) is 0.903. The van der Waals surface area contributed by atoms with Crippen molar-refractivity contribution in [3.05, 3.63) is 39.8 Å². The molecule has 4 nitrogen and oxygen atoms in total. The monoisotopic (exact) mass is 281 g/mol. The Morgan fingerprint density at radius 2 is 2.33 bits per heavy atom. The number of amides is 1. The summed E-state index contributed by atoms with van der Waals surface area (Å²) in [6, 6.07) is 5.44. The Labute approximate surface area is 114 Å². The van der Waals surface area contributed by atoms with E-state index in [1.54, 1.807) is 29.0 Å². The van der Waals surface area contributed by atoms with E-state index in [9.17, 15) is 4.79 Å². The molecule has 0 aliphatic heterocycles. The fourth-order valence-corrected chi connectivity index (χ4v) is 2.20. The predicted octanol–water partition coefficient (Wildman–Crippen LogP) is 3.37. The first kappa shape index (κ1) is 12.9. The zero-order valence-corrected chi connectivity index (χ0v) is 11.3. The number of anilines is 2. The second-order valence-corrected chi connectivity index (χ2v) is 5.08. The van der Waals surface area contributed by atoms with Gasteiger partial charge in [0.15, 0.2) is 0 Å². The highest BCUT2D eigenvalue weighted by molar-refractivity contribution is 7.09. The second kappa shape index (κ2) is 5.84. The van der Waals surface area contributed by atoms with Crippen molar-refractivity contribution in [2.75, 3.05) is 10.6 Å². The van der Waals surface area contributed by atoms with Gasteiger partial charge in [-0.05, 0) is 18.2 Å². The van der Waals surface area contributed by atoms with E-state index in [1.807, 2.05) is 12.3 Å². The van der Waals surface area contributed by atoms with Crippen molar-refractivity contribution < 1.29 is 4.79 Å². The van der Waals surface area contributed by atoms with Crippen molar-refractivity contribution in [3.8, 4) is 0 Å². The van der Waals surface area contributed by atoms with Gasteiger partial charge in [0.05, 0.1) is 22.8 Å². The van der Waals surface area contributed by atoms with E-state index < -0.39 is 0 Å². The Bertz CT molecular complexity index is 542. The Hall–Kier alpha value is -1.59. The summed E-state index contributed by atoms with van der Waals surface area (Å²) in [5, 5.41) is 6.42. The Morgan fingerprint density at radius 1 is 1.50 bits per heavy atom. The summed E-state index contributed by atoms with van der Waals surface area (Å²) in [6.07, 6.45) is 1.82. The van der Waals surface area contributed by atoms with Gasteiger partial charge < -0.3 is 10.6 Å². The second-order valence-electron chi connectivity index (χ2n) is 3.70. The van der Waals surface area contributed by atoms with Gasteiger partial charge in [0.2, 0.25) is 5.91 Å². The average Bonchev–Trinajstić information content (AvgIpc) is 2.82. The van der Waals surface area contributed by atoms with Gasteiger partial charge in [-0.3, -0.25) is 9.78 Å². The van der Waals surface area contributed by atoms with Crippen molar-refractivity contribution in [2.24, 2.45) is 0 Å². The standard InChI is InChI=1S/C12H12ClN3OS/c1-8(17)16-12-3-2-9(4-11(12)13)15-6-10-5-14-7-18-10/h2-5,7,15H,6H2,1H3,(H,16,17). The van der Waals surface area contributed by atoms with Crippen molar-refractivity contribution >= 4 is 40.2 Å².